The number of hydrogen-bond acceptors (Lipinski definition) is 4. The molecule has 3 unspecified atom stereocenters. The molecule has 2 aromatic rings. The molecule has 3 atom stereocenters. The standard InChI is InChI=1S/C13H18N2OS2/c1-9(18(3)16)8-14-10(2)13-15-11-6-4-5-7-12(11)17-13/h4-7,9-10,14H,8H2,1-3H3. The van der Waals surface area contributed by atoms with Gasteiger partial charge in [-0.1, -0.05) is 12.1 Å². The molecule has 1 aromatic heterocycles. The second-order valence-electron chi connectivity index (χ2n) is 4.46. The lowest BCUT2D eigenvalue weighted by Crippen LogP contribution is -2.29. The molecule has 2 rings (SSSR count). The lowest BCUT2D eigenvalue weighted by molar-refractivity contribution is 0.567. The van der Waals surface area contributed by atoms with Crippen molar-refractivity contribution < 1.29 is 4.21 Å². The molecule has 0 fully saturated rings. The van der Waals surface area contributed by atoms with Crippen LogP contribution in [0.3, 0.4) is 0 Å². The van der Waals surface area contributed by atoms with Crippen molar-refractivity contribution in [3.8, 4) is 0 Å². The Hall–Kier alpha value is -0.780. The highest BCUT2D eigenvalue weighted by Gasteiger charge is 2.13. The van der Waals surface area contributed by atoms with E-state index in [1.807, 2.05) is 25.1 Å². The van der Waals surface area contributed by atoms with E-state index in [0.717, 1.165) is 17.1 Å². The van der Waals surface area contributed by atoms with Crippen molar-refractivity contribution in [1.82, 2.24) is 10.3 Å². The van der Waals surface area contributed by atoms with Crippen LogP contribution in [0.15, 0.2) is 24.3 Å². The number of benzene rings is 1. The SMILES string of the molecule is CC(NCC(C)S(C)=O)c1nc2ccccc2s1. The van der Waals surface area contributed by atoms with Crippen LogP contribution in [0.5, 0.6) is 0 Å². The fraction of sp³-hybridized carbons (Fsp3) is 0.462. The number of nitrogens with one attached hydrogen (secondary N) is 1. The van der Waals surface area contributed by atoms with E-state index in [1.54, 1.807) is 17.6 Å². The van der Waals surface area contributed by atoms with Crippen molar-refractivity contribution in [3.63, 3.8) is 0 Å². The second-order valence-corrected chi connectivity index (χ2v) is 7.32. The number of rotatable bonds is 5. The Kier molecular flexibility index (Phi) is 4.48. The summed E-state index contributed by atoms with van der Waals surface area (Å²) in [6, 6.07) is 8.36. The Balaban J connectivity index is 2.04. The Morgan fingerprint density at radius 2 is 2.11 bits per heavy atom. The van der Waals surface area contributed by atoms with Crippen LogP contribution in [0.4, 0.5) is 0 Å². The van der Waals surface area contributed by atoms with Crippen LogP contribution < -0.4 is 5.32 Å². The largest absolute Gasteiger partial charge is 0.307 e. The fourth-order valence-corrected chi connectivity index (χ4v) is 2.95. The number of hydrogen-bond donors (Lipinski definition) is 1. The van der Waals surface area contributed by atoms with Crippen molar-refractivity contribution in [2.45, 2.75) is 25.1 Å². The summed E-state index contributed by atoms with van der Waals surface area (Å²) in [6.45, 7) is 4.84. The van der Waals surface area contributed by atoms with E-state index in [1.165, 1.54) is 4.70 Å². The molecule has 1 heterocycles. The minimum absolute atomic E-state index is 0.168. The molecule has 5 heteroatoms. The maximum atomic E-state index is 11.3. The normalized spacial score (nSPS) is 16.6. The number of fused-ring (bicyclic) bond motifs is 1. The molecule has 98 valence electrons. The zero-order valence-corrected chi connectivity index (χ0v) is 12.5. The van der Waals surface area contributed by atoms with Crippen molar-refractivity contribution >= 4 is 32.4 Å². The van der Waals surface area contributed by atoms with Crippen molar-refractivity contribution in [2.75, 3.05) is 12.8 Å². The molecule has 0 aliphatic carbocycles. The van der Waals surface area contributed by atoms with Gasteiger partial charge in [-0.3, -0.25) is 4.21 Å². The van der Waals surface area contributed by atoms with Crippen molar-refractivity contribution in [3.05, 3.63) is 29.3 Å². The van der Waals surface area contributed by atoms with E-state index in [4.69, 9.17) is 0 Å². The summed E-state index contributed by atoms with van der Waals surface area (Å²) >= 11 is 1.72. The molecule has 0 aliphatic heterocycles. The molecule has 0 spiro atoms. The smallest absolute Gasteiger partial charge is 0.111 e. The Bertz CT molecular complexity index is 520. The Morgan fingerprint density at radius 3 is 2.78 bits per heavy atom. The van der Waals surface area contributed by atoms with E-state index in [-0.39, 0.29) is 11.3 Å². The summed E-state index contributed by atoms with van der Waals surface area (Å²) < 4.78 is 12.5. The molecule has 0 amide bonds. The molecule has 0 saturated carbocycles. The van der Waals surface area contributed by atoms with E-state index in [2.05, 4.69) is 23.3 Å². The van der Waals surface area contributed by atoms with E-state index in [0.29, 0.717) is 0 Å². The molecular formula is C13H18N2OS2. The highest BCUT2D eigenvalue weighted by molar-refractivity contribution is 7.84. The van der Waals surface area contributed by atoms with E-state index in [9.17, 15) is 4.21 Å². The maximum Gasteiger partial charge on any atom is 0.111 e. The van der Waals surface area contributed by atoms with Gasteiger partial charge in [-0.2, -0.15) is 0 Å². The molecule has 0 bridgehead atoms. The number of thiazole rings is 1. The molecule has 0 radical (unpaired) electrons. The van der Waals surface area contributed by atoms with Crippen LogP contribution in [0.1, 0.15) is 24.9 Å². The van der Waals surface area contributed by atoms with Gasteiger partial charge in [0.25, 0.3) is 0 Å². The van der Waals surface area contributed by atoms with Gasteiger partial charge in [0, 0.05) is 28.9 Å². The fourth-order valence-electron chi connectivity index (χ4n) is 1.62. The minimum atomic E-state index is -0.777. The Labute approximate surface area is 114 Å². The summed E-state index contributed by atoms with van der Waals surface area (Å²) in [7, 11) is -0.777. The first kappa shape index (κ1) is 13.6. The predicted octanol–water partition coefficient (Wildman–Crippen LogP) is 2.71. The third-order valence-electron chi connectivity index (χ3n) is 2.96. The molecule has 0 saturated heterocycles. The van der Waals surface area contributed by atoms with Gasteiger partial charge >= 0.3 is 0 Å². The lowest BCUT2D eigenvalue weighted by atomic mass is 10.3. The second kappa shape index (κ2) is 5.91. The van der Waals surface area contributed by atoms with Crippen LogP contribution in [-0.4, -0.2) is 27.2 Å². The number of nitrogens with zero attached hydrogens (tertiary/aromatic N) is 1. The van der Waals surface area contributed by atoms with Crippen molar-refractivity contribution in [1.29, 1.82) is 0 Å². The van der Waals surface area contributed by atoms with Crippen LogP contribution in [0, 0.1) is 0 Å². The number of para-hydroxylation sites is 1. The summed E-state index contributed by atoms with van der Waals surface area (Å²) in [5.41, 5.74) is 1.05. The van der Waals surface area contributed by atoms with E-state index >= 15 is 0 Å². The summed E-state index contributed by atoms with van der Waals surface area (Å²) in [6.07, 6.45) is 1.74. The first-order valence-electron chi connectivity index (χ1n) is 5.99. The third kappa shape index (κ3) is 3.16. The summed E-state index contributed by atoms with van der Waals surface area (Å²) in [5, 5.41) is 4.65. The highest BCUT2D eigenvalue weighted by Crippen LogP contribution is 2.25. The monoisotopic (exact) mass is 282 g/mol. The quantitative estimate of drug-likeness (QED) is 0.917. The Morgan fingerprint density at radius 1 is 1.39 bits per heavy atom. The van der Waals surface area contributed by atoms with E-state index < -0.39 is 10.8 Å². The first-order chi connectivity index (χ1) is 8.58. The zero-order valence-electron chi connectivity index (χ0n) is 10.8. The summed E-state index contributed by atoms with van der Waals surface area (Å²) in [5.74, 6) is 0. The lowest BCUT2D eigenvalue weighted by Gasteiger charge is -2.14. The molecule has 1 aromatic carbocycles. The zero-order chi connectivity index (χ0) is 13.1. The third-order valence-corrected chi connectivity index (χ3v) is 5.48. The van der Waals surface area contributed by atoms with Crippen LogP contribution in [0.2, 0.25) is 0 Å². The van der Waals surface area contributed by atoms with Gasteiger partial charge in [0.15, 0.2) is 0 Å². The predicted molar refractivity (Wildman–Crippen MR) is 79.6 cm³/mol. The van der Waals surface area contributed by atoms with Crippen LogP contribution in [-0.2, 0) is 10.8 Å². The van der Waals surface area contributed by atoms with Gasteiger partial charge < -0.3 is 5.32 Å². The molecule has 3 nitrogen and oxygen atoms in total. The first-order valence-corrected chi connectivity index (χ1v) is 8.43. The van der Waals surface area contributed by atoms with Gasteiger partial charge in [0.2, 0.25) is 0 Å². The molecule has 1 N–H and O–H groups in total. The van der Waals surface area contributed by atoms with Crippen LogP contribution in [0.25, 0.3) is 10.2 Å². The van der Waals surface area contributed by atoms with Gasteiger partial charge in [-0.05, 0) is 26.0 Å². The minimum Gasteiger partial charge on any atom is -0.307 e. The van der Waals surface area contributed by atoms with Gasteiger partial charge in [0.1, 0.15) is 5.01 Å². The molecular weight excluding hydrogens is 264 g/mol. The molecule has 18 heavy (non-hydrogen) atoms. The average molecular weight is 282 g/mol. The van der Waals surface area contributed by atoms with Gasteiger partial charge in [0.05, 0.1) is 16.3 Å². The topological polar surface area (TPSA) is 42.0 Å². The number of aromatic nitrogens is 1. The van der Waals surface area contributed by atoms with Gasteiger partial charge in [-0.15, -0.1) is 11.3 Å². The summed E-state index contributed by atoms with van der Waals surface area (Å²) in [4.78, 5) is 4.62. The highest BCUT2D eigenvalue weighted by atomic mass is 32.2. The average Bonchev–Trinajstić information content (AvgIpc) is 2.79. The van der Waals surface area contributed by atoms with Gasteiger partial charge in [-0.25, -0.2) is 4.98 Å². The maximum absolute atomic E-state index is 11.3. The molecule has 0 aliphatic rings. The van der Waals surface area contributed by atoms with Crippen LogP contribution >= 0.6 is 11.3 Å². The van der Waals surface area contributed by atoms with Crippen molar-refractivity contribution in [2.24, 2.45) is 0 Å².